The summed E-state index contributed by atoms with van der Waals surface area (Å²) in [5.74, 6) is 0.558. The van der Waals surface area contributed by atoms with E-state index in [2.05, 4.69) is 39.8 Å². The van der Waals surface area contributed by atoms with Gasteiger partial charge in [0, 0.05) is 16.3 Å². The average Bonchev–Trinajstić information content (AvgIpc) is 3.07. The van der Waals surface area contributed by atoms with Crippen molar-refractivity contribution in [1.29, 1.82) is 0 Å². The van der Waals surface area contributed by atoms with Crippen molar-refractivity contribution in [3.05, 3.63) is 76.8 Å². The molecule has 1 N–H and O–H groups in total. The maximum atomic E-state index is 12.1. The molecule has 0 aliphatic heterocycles. The Kier molecular flexibility index (Phi) is 6.22. The number of hydrogen-bond acceptors (Lipinski definition) is 5. The number of hydrogen-bond donors (Lipinski definition) is 1. The first-order chi connectivity index (χ1) is 12.2. The van der Waals surface area contributed by atoms with E-state index in [-0.39, 0.29) is 5.91 Å². The van der Waals surface area contributed by atoms with Gasteiger partial charge in [0.1, 0.15) is 0 Å². The number of amides is 1. The quantitative estimate of drug-likeness (QED) is 0.463. The molecule has 3 rings (SSSR count). The Morgan fingerprint density at radius 2 is 1.88 bits per heavy atom. The molecular formula is C18H14ClN3OS2. The van der Waals surface area contributed by atoms with E-state index < -0.39 is 0 Å². The standard InChI is InChI=1S/C18H14ClN3OS2/c19-15-10-8-14(9-11-15)16(23)20-17-21-22-18(25-17)24-12-4-7-13-5-2-1-3-6-13/h1-11H,12H2,(H,20,21,23)/b7-4+. The lowest BCUT2D eigenvalue weighted by Crippen LogP contribution is -2.11. The van der Waals surface area contributed by atoms with Gasteiger partial charge in [-0.05, 0) is 29.8 Å². The van der Waals surface area contributed by atoms with E-state index in [0.29, 0.717) is 15.7 Å². The Morgan fingerprint density at radius 3 is 2.64 bits per heavy atom. The van der Waals surface area contributed by atoms with E-state index in [4.69, 9.17) is 11.6 Å². The lowest BCUT2D eigenvalue weighted by atomic mass is 10.2. The first kappa shape index (κ1) is 17.7. The van der Waals surface area contributed by atoms with Gasteiger partial charge in [0.25, 0.3) is 5.91 Å². The number of carbonyl (C=O) groups is 1. The topological polar surface area (TPSA) is 54.9 Å². The van der Waals surface area contributed by atoms with E-state index >= 15 is 0 Å². The Balaban J connectivity index is 1.51. The summed E-state index contributed by atoms with van der Waals surface area (Å²) in [5, 5.41) is 11.9. The van der Waals surface area contributed by atoms with Crippen molar-refractivity contribution >= 4 is 51.8 Å². The summed E-state index contributed by atoms with van der Waals surface area (Å²) in [7, 11) is 0. The Hall–Kier alpha value is -2.15. The summed E-state index contributed by atoms with van der Waals surface area (Å²) in [6.07, 6.45) is 4.14. The van der Waals surface area contributed by atoms with Gasteiger partial charge in [0.2, 0.25) is 5.13 Å². The largest absolute Gasteiger partial charge is 0.296 e. The van der Waals surface area contributed by atoms with Crippen LogP contribution in [0.3, 0.4) is 0 Å². The van der Waals surface area contributed by atoms with Crippen molar-refractivity contribution in [2.45, 2.75) is 4.34 Å². The van der Waals surface area contributed by atoms with Crippen LogP contribution in [0.5, 0.6) is 0 Å². The van der Waals surface area contributed by atoms with Crippen molar-refractivity contribution in [2.24, 2.45) is 0 Å². The zero-order valence-corrected chi connectivity index (χ0v) is 15.4. The van der Waals surface area contributed by atoms with Gasteiger partial charge in [-0.25, -0.2) is 0 Å². The maximum Gasteiger partial charge on any atom is 0.257 e. The van der Waals surface area contributed by atoms with Crippen molar-refractivity contribution < 1.29 is 4.79 Å². The summed E-state index contributed by atoms with van der Waals surface area (Å²) in [4.78, 5) is 12.1. The van der Waals surface area contributed by atoms with Crippen LogP contribution in [-0.4, -0.2) is 21.9 Å². The molecule has 7 heteroatoms. The second-order valence-electron chi connectivity index (χ2n) is 4.96. The Morgan fingerprint density at radius 1 is 1.12 bits per heavy atom. The van der Waals surface area contributed by atoms with Gasteiger partial charge in [0.15, 0.2) is 4.34 Å². The molecule has 0 saturated carbocycles. The van der Waals surface area contributed by atoms with Gasteiger partial charge in [0.05, 0.1) is 0 Å². The van der Waals surface area contributed by atoms with Crippen LogP contribution in [0.2, 0.25) is 5.02 Å². The second-order valence-corrected chi connectivity index (χ2v) is 7.64. The fourth-order valence-electron chi connectivity index (χ4n) is 1.96. The highest BCUT2D eigenvalue weighted by atomic mass is 35.5. The van der Waals surface area contributed by atoms with E-state index in [1.54, 1.807) is 36.0 Å². The number of anilines is 1. The van der Waals surface area contributed by atoms with Crippen LogP contribution in [0.1, 0.15) is 15.9 Å². The van der Waals surface area contributed by atoms with Crippen LogP contribution >= 0.6 is 34.7 Å². The van der Waals surface area contributed by atoms with Gasteiger partial charge in [-0.1, -0.05) is 77.2 Å². The number of halogens is 1. The lowest BCUT2D eigenvalue weighted by Gasteiger charge is -2.00. The van der Waals surface area contributed by atoms with E-state index in [9.17, 15) is 4.79 Å². The molecule has 0 bridgehead atoms. The van der Waals surface area contributed by atoms with Crippen LogP contribution in [0.4, 0.5) is 5.13 Å². The van der Waals surface area contributed by atoms with Gasteiger partial charge >= 0.3 is 0 Å². The first-order valence-electron chi connectivity index (χ1n) is 7.45. The third-order valence-corrected chi connectivity index (χ3v) is 5.32. The fourth-order valence-corrected chi connectivity index (χ4v) is 3.67. The van der Waals surface area contributed by atoms with Crippen LogP contribution in [0.15, 0.2) is 65.0 Å². The fraction of sp³-hybridized carbons (Fsp3) is 0.0556. The lowest BCUT2D eigenvalue weighted by molar-refractivity contribution is 0.102. The van der Waals surface area contributed by atoms with Crippen LogP contribution in [0, 0.1) is 0 Å². The van der Waals surface area contributed by atoms with E-state index in [0.717, 1.165) is 15.7 Å². The van der Waals surface area contributed by atoms with Crippen molar-refractivity contribution in [1.82, 2.24) is 10.2 Å². The first-order valence-corrected chi connectivity index (χ1v) is 9.63. The number of carbonyl (C=O) groups excluding carboxylic acids is 1. The van der Waals surface area contributed by atoms with E-state index in [1.165, 1.54) is 11.3 Å². The highest BCUT2D eigenvalue weighted by Gasteiger charge is 2.10. The zero-order valence-electron chi connectivity index (χ0n) is 13.1. The van der Waals surface area contributed by atoms with E-state index in [1.807, 2.05) is 18.2 Å². The molecule has 3 aromatic rings. The second kappa shape index (κ2) is 8.80. The summed E-state index contributed by atoms with van der Waals surface area (Å²) in [5.41, 5.74) is 1.69. The molecule has 0 fully saturated rings. The van der Waals surface area contributed by atoms with Crippen LogP contribution < -0.4 is 5.32 Å². The van der Waals surface area contributed by atoms with Crippen molar-refractivity contribution in [3.8, 4) is 0 Å². The third-order valence-electron chi connectivity index (χ3n) is 3.15. The molecule has 126 valence electrons. The molecule has 0 unspecified atom stereocenters. The van der Waals surface area contributed by atoms with Gasteiger partial charge in [-0.2, -0.15) is 0 Å². The minimum Gasteiger partial charge on any atom is -0.296 e. The Labute approximate surface area is 159 Å². The SMILES string of the molecule is O=C(Nc1nnc(SC/C=C/c2ccccc2)s1)c1ccc(Cl)cc1. The summed E-state index contributed by atoms with van der Waals surface area (Å²) in [6, 6.07) is 16.8. The molecule has 1 aromatic heterocycles. The number of nitrogens with zero attached hydrogens (tertiary/aromatic N) is 2. The summed E-state index contributed by atoms with van der Waals surface area (Å²) in [6.45, 7) is 0. The molecule has 0 saturated heterocycles. The number of aromatic nitrogens is 2. The molecule has 1 amide bonds. The number of nitrogens with one attached hydrogen (secondary N) is 1. The number of rotatable bonds is 6. The summed E-state index contributed by atoms with van der Waals surface area (Å²) >= 11 is 8.75. The predicted molar refractivity (Wildman–Crippen MR) is 106 cm³/mol. The molecule has 25 heavy (non-hydrogen) atoms. The summed E-state index contributed by atoms with van der Waals surface area (Å²) < 4.78 is 0.809. The van der Waals surface area contributed by atoms with Gasteiger partial charge in [-0.3, -0.25) is 10.1 Å². The van der Waals surface area contributed by atoms with Gasteiger partial charge in [-0.15, -0.1) is 10.2 Å². The average molecular weight is 388 g/mol. The molecule has 4 nitrogen and oxygen atoms in total. The highest BCUT2D eigenvalue weighted by Crippen LogP contribution is 2.26. The minimum atomic E-state index is -0.228. The molecule has 0 radical (unpaired) electrons. The van der Waals surface area contributed by atoms with Crippen molar-refractivity contribution in [2.75, 3.05) is 11.1 Å². The number of benzene rings is 2. The molecule has 0 aliphatic rings. The predicted octanol–water partition coefficient (Wildman–Crippen LogP) is 5.25. The molecule has 0 spiro atoms. The van der Waals surface area contributed by atoms with Crippen LogP contribution in [-0.2, 0) is 0 Å². The molecule has 0 atom stereocenters. The monoisotopic (exact) mass is 387 g/mol. The molecule has 2 aromatic carbocycles. The molecular weight excluding hydrogens is 374 g/mol. The maximum absolute atomic E-state index is 12.1. The Bertz CT molecular complexity index is 864. The minimum absolute atomic E-state index is 0.228. The normalized spacial score (nSPS) is 10.9. The smallest absolute Gasteiger partial charge is 0.257 e. The highest BCUT2D eigenvalue weighted by molar-refractivity contribution is 8.01. The van der Waals surface area contributed by atoms with Crippen molar-refractivity contribution in [3.63, 3.8) is 0 Å². The third kappa shape index (κ3) is 5.42. The van der Waals surface area contributed by atoms with Crippen LogP contribution in [0.25, 0.3) is 6.08 Å². The number of thioether (sulfide) groups is 1. The molecule has 0 aliphatic carbocycles. The van der Waals surface area contributed by atoms with Gasteiger partial charge < -0.3 is 0 Å². The zero-order chi connectivity index (χ0) is 17.5. The molecule has 1 heterocycles.